The summed E-state index contributed by atoms with van der Waals surface area (Å²) in [5.41, 5.74) is 2.97. The van der Waals surface area contributed by atoms with Crippen LogP contribution in [0.3, 0.4) is 0 Å². The summed E-state index contributed by atoms with van der Waals surface area (Å²) in [7, 11) is 0. The van der Waals surface area contributed by atoms with Crippen LogP contribution in [0.4, 0.5) is 17.1 Å². The minimum atomic E-state index is -0.633. The summed E-state index contributed by atoms with van der Waals surface area (Å²) < 4.78 is 5.14. The van der Waals surface area contributed by atoms with Crippen LogP contribution in [0.5, 0.6) is 0 Å². The number of thioether (sulfide) groups is 1. The summed E-state index contributed by atoms with van der Waals surface area (Å²) in [6.07, 6.45) is 1.90. The number of nitrogens with zero attached hydrogens (tertiary/aromatic N) is 1. The van der Waals surface area contributed by atoms with Crippen LogP contribution < -0.4 is 10.2 Å². The number of benzene rings is 3. The second-order valence-corrected chi connectivity index (χ2v) is 8.60. The molecule has 166 valence electrons. The molecule has 0 spiro atoms. The summed E-state index contributed by atoms with van der Waals surface area (Å²) in [6, 6.07) is 23.0. The van der Waals surface area contributed by atoms with Crippen LogP contribution >= 0.6 is 23.4 Å². The fourth-order valence-electron chi connectivity index (χ4n) is 3.23. The molecule has 1 N–H and O–H groups in total. The van der Waals surface area contributed by atoms with Crippen molar-refractivity contribution in [2.45, 2.75) is 24.8 Å². The van der Waals surface area contributed by atoms with Crippen molar-refractivity contribution in [3.05, 3.63) is 83.4 Å². The summed E-state index contributed by atoms with van der Waals surface area (Å²) >= 11 is 7.57. The van der Waals surface area contributed by atoms with E-state index in [-0.39, 0.29) is 16.6 Å². The Bertz CT molecular complexity index is 1070. The van der Waals surface area contributed by atoms with Gasteiger partial charge in [0.2, 0.25) is 0 Å². The summed E-state index contributed by atoms with van der Waals surface area (Å²) in [4.78, 5) is 27.7. The van der Waals surface area contributed by atoms with Crippen LogP contribution in [0.1, 0.15) is 24.2 Å². The van der Waals surface area contributed by atoms with E-state index in [9.17, 15) is 9.59 Å². The Balaban J connectivity index is 1.61. The first kappa shape index (κ1) is 23.7. The molecule has 3 aromatic rings. The van der Waals surface area contributed by atoms with Crippen LogP contribution in [0.25, 0.3) is 0 Å². The molecule has 0 aliphatic rings. The zero-order valence-electron chi connectivity index (χ0n) is 18.2. The molecule has 0 radical (unpaired) electrons. The van der Waals surface area contributed by atoms with Crippen LogP contribution in [-0.4, -0.2) is 30.8 Å². The third kappa shape index (κ3) is 6.05. The number of hydrogen-bond donors (Lipinski definition) is 1. The highest BCUT2D eigenvalue weighted by Crippen LogP contribution is 2.29. The second kappa shape index (κ2) is 11.1. The fraction of sp³-hybridized carbons (Fsp3) is 0.200. The van der Waals surface area contributed by atoms with Crippen molar-refractivity contribution in [1.82, 2.24) is 0 Å². The maximum atomic E-state index is 12.3. The highest BCUT2D eigenvalue weighted by molar-refractivity contribution is 7.98. The molecule has 3 rings (SSSR count). The number of ether oxygens (including phenoxy) is 1. The number of anilines is 3. The summed E-state index contributed by atoms with van der Waals surface area (Å²) in [6.45, 7) is 3.85. The molecule has 1 amide bonds. The maximum Gasteiger partial charge on any atom is 0.340 e. The van der Waals surface area contributed by atoms with Crippen LogP contribution in [0.2, 0.25) is 5.02 Å². The van der Waals surface area contributed by atoms with Crippen molar-refractivity contribution < 1.29 is 14.3 Å². The van der Waals surface area contributed by atoms with Gasteiger partial charge in [0.25, 0.3) is 5.91 Å². The number of amides is 1. The molecule has 7 heteroatoms. The molecule has 0 fully saturated rings. The van der Waals surface area contributed by atoms with E-state index in [4.69, 9.17) is 16.3 Å². The Labute approximate surface area is 197 Å². The molecule has 0 heterocycles. The third-order valence-electron chi connectivity index (χ3n) is 4.71. The molecule has 0 aliphatic carbocycles. The molecule has 3 aromatic carbocycles. The number of esters is 1. The average molecular weight is 469 g/mol. The van der Waals surface area contributed by atoms with Crippen LogP contribution in [0.15, 0.2) is 77.7 Å². The second-order valence-electron chi connectivity index (χ2n) is 7.32. The maximum absolute atomic E-state index is 12.3. The predicted octanol–water partition coefficient (Wildman–Crippen LogP) is 6.40. The quantitative estimate of drug-likeness (QED) is 0.306. The van der Waals surface area contributed by atoms with Gasteiger partial charge >= 0.3 is 5.97 Å². The minimum Gasteiger partial charge on any atom is -0.452 e. The lowest BCUT2D eigenvalue weighted by Gasteiger charge is -2.29. The standard InChI is InChI=1S/C25H25ClN2O3S/c1-17(2)28(19-7-5-4-6-8-19)20-11-9-18(10-12-20)27-24(29)16-31-25(30)22-15-21(32-3)13-14-23(22)26/h4-15,17H,16H2,1-3H3,(H,27,29). The van der Waals surface area contributed by atoms with Gasteiger partial charge in [0.05, 0.1) is 10.6 Å². The molecule has 5 nitrogen and oxygen atoms in total. The Kier molecular flexibility index (Phi) is 8.20. The Morgan fingerprint density at radius 1 is 1.00 bits per heavy atom. The number of nitrogens with one attached hydrogen (secondary N) is 1. The molecule has 0 unspecified atom stereocenters. The van der Waals surface area contributed by atoms with E-state index in [0.29, 0.717) is 5.69 Å². The predicted molar refractivity (Wildman–Crippen MR) is 132 cm³/mol. The molecular formula is C25H25ClN2O3S. The van der Waals surface area contributed by atoms with Crippen molar-refractivity contribution in [2.24, 2.45) is 0 Å². The normalized spacial score (nSPS) is 10.7. The van der Waals surface area contributed by atoms with E-state index in [1.165, 1.54) is 11.8 Å². The van der Waals surface area contributed by atoms with Crippen molar-refractivity contribution in [3.63, 3.8) is 0 Å². The van der Waals surface area contributed by atoms with Gasteiger partial charge in [-0.15, -0.1) is 11.8 Å². The van der Waals surface area contributed by atoms with Gasteiger partial charge in [0.15, 0.2) is 6.61 Å². The molecular weight excluding hydrogens is 444 g/mol. The number of para-hydroxylation sites is 1. The number of carbonyl (C=O) groups excluding carboxylic acids is 2. The van der Waals surface area contributed by atoms with E-state index in [1.807, 2.05) is 54.8 Å². The molecule has 0 aromatic heterocycles. The minimum absolute atomic E-state index is 0.241. The SMILES string of the molecule is CSc1ccc(Cl)c(C(=O)OCC(=O)Nc2ccc(N(c3ccccc3)C(C)C)cc2)c1. The van der Waals surface area contributed by atoms with E-state index in [0.717, 1.165) is 16.3 Å². The molecule has 32 heavy (non-hydrogen) atoms. The first-order valence-electron chi connectivity index (χ1n) is 10.1. The van der Waals surface area contributed by atoms with Crippen LogP contribution in [-0.2, 0) is 9.53 Å². The zero-order chi connectivity index (χ0) is 23.1. The number of halogens is 1. The third-order valence-corrected chi connectivity index (χ3v) is 5.76. The Hall–Kier alpha value is -2.96. The number of carbonyl (C=O) groups is 2. The van der Waals surface area contributed by atoms with Gasteiger partial charge in [-0.2, -0.15) is 0 Å². The van der Waals surface area contributed by atoms with Crippen molar-refractivity contribution in [2.75, 3.05) is 23.1 Å². The molecule has 0 atom stereocenters. The Morgan fingerprint density at radius 2 is 1.66 bits per heavy atom. The highest BCUT2D eigenvalue weighted by atomic mass is 35.5. The van der Waals surface area contributed by atoms with Gasteiger partial charge in [0.1, 0.15) is 0 Å². The summed E-state index contributed by atoms with van der Waals surface area (Å²) in [5, 5.41) is 3.04. The van der Waals surface area contributed by atoms with Crippen LogP contribution in [0, 0.1) is 0 Å². The number of hydrogen-bond acceptors (Lipinski definition) is 5. The smallest absolute Gasteiger partial charge is 0.340 e. The van der Waals surface area contributed by atoms with Gasteiger partial charge in [-0.05, 0) is 74.7 Å². The average Bonchev–Trinajstić information content (AvgIpc) is 2.79. The molecule has 0 saturated heterocycles. The first-order chi connectivity index (χ1) is 15.4. The topological polar surface area (TPSA) is 58.6 Å². The highest BCUT2D eigenvalue weighted by Gasteiger charge is 2.16. The van der Waals surface area contributed by atoms with Crippen molar-refractivity contribution in [1.29, 1.82) is 0 Å². The van der Waals surface area contributed by atoms with Gasteiger partial charge in [0, 0.05) is 28.0 Å². The largest absolute Gasteiger partial charge is 0.452 e. The monoisotopic (exact) mass is 468 g/mol. The van der Waals surface area contributed by atoms with Crippen molar-refractivity contribution >= 4 is 52.3 Å². The van der Waals surface area contributed by atoms with Gasteiger partial charge in [-0.3, -0.25) is 4.79 Å². The summed E-state index contributed by atoms with van der Waals surface area (Å²) in [5.74, 6) is -1.06. The molecule has 0 saturated carbocycles. The zero-order valence-corrected chi connectivity index (χ0v) is 19.7. The van der Waals surface area contributed by atoms with E-state index in [1.54, 1.807) is 12.1 Å². The Morgan fingerprint density at radius 3 is 2.28 bits per heavy atom. The lowest BCUT2D eigenvalue weighted by molar-refractivity contribution is -0.119. The lowest BCUT2D eigenvalue weighted by atomic mass is 10.2. The van der Waals surface area contributed by atoms with Gasteiger partial charge < -0.3 is 15.0 Å². The van der Waals surface area contributed by atoms with E-state index < -0.39 is 18.5 Å². The van der Waals surface area contributed by atoms with E-state index in [2.05, 4.69) is 36.2 Å². The lowest BCUT2D eigenvalue weighted by Crippen LogP contribution is -2.25. The molecule has 0 aliphatic heterocycles. The van der Waals surface area contributed by atoms with Gasteiger partial charge in [-0.1, -0.05) is 29.8 Å². The fourth-order valence-corrected chi connectivity index (χ4v) is 3.87. The first-order valence-corrected chi connectivity index (χ1v) is 11.7. The van der Waals surface area contributed by atoms with E-state index >= 15 is 0 Å². The van der Waals surface area contributed by atoms with Gasteiger partial charge in [-0.25, -0.2) is 4.79 Å². The van der Waals surface area contributed by atoms with Crippen molar-refractivity contribution in [3.8, 4) is 0 Å². The molecule has 0 bridgehead atoms. The number of rotatable bonds is 8.